The summed E-state index contributed by atoms with van der Waals surface area (Å²) in [5, 5.41) is 3.73. The molecule has 0 radical (unpaired) electrons. The van der Waals surface area contributed by atoms with Crippen molar-refractivity contribution in [3.8, 4) is 5.75 Å². The third-order valence-corrected chi connectivity index (χ3v) is 8.85. The predicted octanol–water partition coefficient (Wildman–Crippen LogP) is 7.90. The Kier molecular flexibility index (Phi) is 6.35. The molecule has 1 aliphatic heterocycles. The van der Waals surface area contributed by atoms with E-state index in [4.69, 9.17) is 21.9 Å². The fourth-order valence-electron chi connectivity index (χ4n) is 4.48. The van der Waals surface area contributed by atoms with E-state index in [1.807, 2.05) is 36.4 Å². The fourth-order valence-corrected chi connectivity index (χ4v) is 6.91. The molecule has 1 aliphatic rings. The molecule has 1 N–H and O–H groups in total. The molecule has 7 heteroatoms. The van der Waals surface area contributed by atoms with E-state index in [1.165, 1.54) is 4.70 Å². The van der Waals surface area contributed by atoms with Crippen LogP contribution in [0.2, 0.25) is 0 Å². The molecule has 36 heavy (non-hydrogen) atoms. The average molecular weight is 526 g/mol. The number of ether oxygens (including phenoxy) is 1. The van der Waals surface area contributed by atoms with Gasteiger partial charge in [-0.1, -0.05) is 72.5 Å². The van der Waals surface area contributed by atoms with Gasteiger partial charge in [-0.3, -0.25) is 0 Å². The molecule has 0 aliphatic carbocycles. The second-order valence-corrected chi connectivity index (χ2v) is 11.1. The molecule has 0 fully saturated rings. The van der Waals surface area contributed by atoms with E-state index >= 15 is 0 Å². The first kappa shape index (κ1) is 23.0. The minimum atomic E-state index is -0.146. The Morgan fingerprint density at radius 3 is 2.58 bits per heavy atom. The van der Waals surface area contributed by atoms with Crippen molar-refractivity contribution in [1.82, 2.24) is 4.98 Å². The summed E-state index contributed by atoms with van der Waals surface area (Å²) in [5.74, 6) is 1.63. The van der Waals surface area contributed by atoms with Crippen molar-refractivity contribution in [1.29, 1.82) is 0 Å². The third kappa shape index (κ3) is 4.34. The van der Waals surface area contributed by atoms with Gasteiger partial charge >= 0.3 is 0 Å². The van der Waals surface area contributed by atoms with Crippen LogP contribution in [0, 0.1) is 0 Å². The van der Waals surface area contributed by atoms with Crippen LogP contribution in [0.4, 0.5) is 11.4 Å². The Balaban J connectivity index is 1.36. The molecule has 178 valence electrons. The van der Waals surface area contributed by atoms with Crippen LogP contribution in [0.3, 0.4) is 0 Å². The van der Waals surface area contributed by atoms with Gasteiger partial charge in [-0.15, -0.1) is 11.3 Å². The second-order valence-electron chi connectivity index (χ2n) is 8.41. The van der Waals surface area contributed by atoms with Crippen molar-refractivity contribution in [2.24, 2.45) is 0 Å². The van der Waals surface area contributed by atoms with Crippen LogP contribution in [0.5, 0.6) is 5.75 Å². The van der Waals surface area contributed by atoms with Crippen LogP contribution in [0.25, 0.3) is 10.2 Å². The second kappa shape index (κ2) is 9.93. The number of fused-ring (bicyclic) bond motifs is 2. The molecule has 2 heterocycles. The smallest absolute Gasteiger partial charge is 0.151 e. The first-order chi connectivity index (χ1) is 17.7. The quantitative estimate of drug-likeness (QED) is 0.179. The van der Waals surface area contributed by atoms with Gasteiger partial charge in [0.2, 0.25) is 0 Å². The van der Waals surface area contributed by atoms with Crippen LogP contribution in [-0.2, 0) is 5.75 Å². The van der Waals surface area contributed by atoms with E-state index in [1.54, 1.807) is 30.2 Å². The summed E-state index contributed by atoms with van der Waals surface area (Å²) in [7, 11) is 1.72. The number of methoxy groups -OCH3 is 1. The molecule has 6 rings (SSSR count). The minimum absolute atomic E-state index is 0.146. The summed E-state index contributed by atoms with van der Waals surface area (Å²) in [5.41, 5.74) is 6.42. The van der Waals surface area contributed by atoms with Gasteiger partial charge < -0.3 is 15.0 Å². The number of nitrogens with one attached hydrogen (secondary N) is 1. The van der Waals surface area contributed by atoms with Crippen LogP contribution < -0.4 is 15.0 Å². The summed E-state index contributed by atoms with van der Waals surface area (Å²) in [6.07, 6.45) is -0.146. The summed E-state index contributed by atoms with van der Waals surface area (Å²) < 4.78 is 8.00. The molecule has 5 aromatic rings. The van der Waals surface area contributed by atoms with Gasteiger partial charge in [-0.05, 0) is 54.1 Å². The lowest BCUT2D eigenvalue weighted by atomic mass is 10.0. The van der Waals surface area contributed by atoms with Crippen molar-refractivity contribution in [2.45, 2.75) is 16.3 Å². The number of hydrogen-bond acceptors (Lipinski definition) is 6. The molecule has 4 nitrogen and oxygen atoms in total. The van der Waals surface area contributed by atoms with Crippen molar-refractivity contribution < 1.29 is 4.74 Å². The number of thioether (sulfide) groups is 1. The van der Waals surface area contributed by atoms with Crippen molar-refractivity contribution in [3.63, 3.8) is 0 Å². The zero-order valence-corrected chi connectivity index (χ0v) is 22.0. The van der Waals surface area contributed by atoms with Crippen LogP contribution in [0.1, 0.15) is 22.9 Å². The Bertz CT molecular complexity index is 1520. The van der Waals surface area contributed by atoms with Gasteiger partial charge in [0.1, 0.15) is 16.9 Å². The van der Waals surface area contributed by atoms with Crippen molar-refractivity contribution in [3.05, 3.63) is 114 Å². The molecule has 0 spiro atoms. The monoisotopic (exact) mass is 525 g/mol. The summed E-state index contributed by atoms with van der Waals surface area (Å²) in [6, 6.07) is 33.2. The number of thiazole rings is 1. The average Bonchev–Trinajstić information content (AvgIpc) is 3.35. The topological polar surface area (TPSA) is 37.4 Å². The maximum absolute atomic E-state index is 6.02. The molecular weight excluding hydrogens is 503 g/mol. The van der Waals surface area contributed by atoms with E-state index in [-0.39, 0.29) is 6.17 Å². The molecule has 0 amide bonds. The molecule has 1 atom stereocenters. The number of hydrogen-bond donors (Lipinski definition) is 1. The zero-order valence-electron chi connectivity index (χ0n) is 19.5. The Morgan fingerprint density at radius 1 is 0.972 bits per heavy atom. The number of anilines is 2. The highest BCUT2D eigenvalue weighted by Crippen LogP contribution is 2.39. The maximum Gasteiger partial charge on any atom is 0.151 e. The lowest BCUT2D eigenvalue weighted by Crippen LogP contribution is -2.42. The SMILES string of the molecule is COc1ccc([C@H]2Nc3ccccc3C(=S)N2c2ccccc2)cc1CSc1nc2ccccc2s1. The van der Waals surface area contributed by atoms with Crippen LogP contribution >= 0.6 is 35.3 Å². The normalized spacial score (nSPS) is 15.0. The lowest BCUT2D eigenvalue weighted by Gasteiger charge is -2.40. The van der Waals surface area contributed by atoms with Crippen LogP contribution in [-0.4, -0.2) is 17.1 Å². The van der Waals surface area contributed by atoms with Crippen molar-refractivity contribution >= 4 is 61.9 Å². The summed E-state index contributed by atoms with van der Waals surface area (Å²) >= 11 is 9.48. The predicted molar refractivity (Wildman–Crippen MR) is 156 cm³/mol. The summed E-state index contributed by atoms with van der Waals surface area (Å²) in [6.45, 7) is 0. The van der Waals surface area contributed by atoms with Gasteiger partial charge in [0.25, 0.3) is 0 Å². The van der Waals surface area contributed by atoms with E-state index in [2.05, 4.69) is 70.9 Å². The van der Waals surface area contributed by atoms with E-state index in [9.17, 15) is 0 Å². The molecule has 4 aromatic carbocycles. The Morgan fingerprint density at radius 2 is 1.75 bits per heavy atom. The molecular formula is C29H23N3OS3. The zero-order chi connectivity index (χ0) is 24.5. The number of rotatable bonds is 6. The largest absolute Gasteiger partial charge is 0.496 e. The molecule has 1 aromatic heterocycles. The van der Waals surface area contributed by atoms with Gasteiger partial charge in [0, 0.05) is 28.3 Å². The molecule has 0 unspecified atom stereocenters. The third-order valence-electron chi connectivity index (χ3n) is 6.21. The Labute approximate surface area is 224 Å². The minimum Gasteiger partial charge on any atom is -0.496 e. The highest BCUT2D eigenvalue weighted by molar-refractivity contribution is 8.00. The number of benzene rings is 4. The number of para-hydroxylation sites is 3. The fraction of sp³-hybridized carbons (Fsp3) is 0.103. The van der Waals surface area contributed by atoms with E-state index < -0.39 is 0 Å². The first-order valence-corrected chi connectivity index (χ1v) is 13.8. The highest BCUT2D eigenvalue weighted by atomic mass is 32.2. The van der Waals surface area contributed by atoms with Gasteiger partial charge in [0.05, 0.1) is 17.3 Å². The first-order valence-electron chi connectivity index (χ1n) is 11.6. The van der Waals surface area contributed by atoms with Crippen molar-refractivity contribution in [2.75, 3.05) is 17.3 Å². The maximum atomic E-state index is 6.02. The molecule has 0 saturated carbocycles. The number of thiocarbonyl (C=S) groups is 1. The standard InChI is InChI=1S/C29H23N3OS3/c1-33-25-16-15-19(17-20(25)18-35-29-31-24-13-7-8-14-26(24)36-29)27-30-23-12-6-5-11-22(23)28(34)32(27)21-9-3-2-4-10-21/h2-17,27,30H,18H2,1H3/t27-/m0/s1. The van der Waals surface area contributed by atoms with Gasteiger partial charge in [-0.25, -0.2) is 4.98 Å². The van der Waals surface area contributed by atoms with Gasteiger partial charge in [0.15, 0.2) is 4.34 Å². The van der Waals surface area contributed by atoms with Crippen LogP contribution in [0.15, 0.2) is 101 Å². The van der Waals surface area contributed by atoms with E-state index in [0.717, 1.165) is 54.4 Å². The number of nitrogens with zero attached hydrogens (tertiary/aromatic N) is 2. The lowest BCUT2D eigenvalue weighted by molar-refractivity contribution is 0.411. The summed E-state index contributed by atoms with van der Waals surface area (Å²) in [4.78, 5) is 7.79. The van der Waals surface area contributed by atoms with E-state index in [0.29, 0.717) is 0 Å². The molecule has 0 saturated heterocycles. The molecule has 0 bridgehead atoms. The Hall–Kier alpha value is -3.39. The highest BCUT2D eigenvalue weighted by Gasteiger charge is 2.31. The van der Waals surface area contributed by atoms with Gasteiger partial charge in [-0.2, -0.15) is 0 Å². The number of aromatic nitrogens is 1.